The quantitative estimate of drug-likeness (QED) is 0.119. The van der Waals surface area contributed by atoms with Crippen LogP contribution in [0.4, 0.5) is 0 Å². The van der Waals surface area contributed by atoms with Gasteiger partial charge < -0.3 is 23.7 Å². The first-order valence-electron chi connectivity index (χ1n) is 15.5. The Morgan fingerprint density at radius 1 is 0.543 bits per heavy atom. The zero-order valence-electron chi connectivity index (χ0n) is 25.5. The van der Waals surface area contributed by atoms with Gasteiger partial charge in [-0.3, -0.25) is 4.98 Å². The van der Waals surface area contributed by atoms with E-state index in [2.05, 4.69) is 58.5 Å². The number of aromatic nitrogens is 2. The number of thioether (sulfide) groups is 1. The Kier molecular flexibility index (Phi) is 12.0. The summed E-state index contributed by atoms with van der Waals surface area (Å²) >= 11 is 1.47. The number of benzene rings is 4. The van der Waals surface area contributed by atoms with Crippen LogP contribution in [0.3, 0.4) is 0 Å². The highest BCUT2D eigenvalue weighted by Gasteiger charge is 2.49. The van der Waals surface area contributed by atoms with Crippen molar-refractivity contribution in [3.05, 3.63) is 162 Å². The number of nitrogens with zero attached hydrogens (tertiary/aromatic N) is 2. The highest BCUT2D eigenvalue weighted by molar-refractivity contribution is 7.99. The monoisotopic (exact) mass is 634 g/mol. The summed E-state index contributed by atoms with van der Waals surface area (Å²) in [6, 6.07) is 40.6. The molecule has 0 spiro atoms. The van der Waals surface area contributed by atoms with Gasteiger partial charge >= 0.3 is 0 Å². The molecule has 1 fully saturated rings. The fourth-order valence-electron chi connectivity index (χ4n) is 5.31. The molecule has 1 aliphatic rings. The lowest BCUT2D eigenvalue weighted by Gasteiger charge is -2.46. The molecule has 46 heavy (non-hydrogen) atoms. The molecular weight excluding hydrogens is 596 g/mol. The Morgan fingerprint density at radius 3 is 1.52 bits per heavy atom. The van der Waals surface area contributed by atoms with Gasteiger partial charge in [-0.25, -0.2) is 4.98 Å². The van der Waals surface area contributed by atoms with Crippen LogP contribution >= 0.6 is 11.8 Å². The van der Waals surface area contributed by atoms with Crippen molar-refractivity contribution in [3.63, 3.8) is 0 Å². The van der Waals surface area contributed by atoms with Crippen LogP contribution in [0, 0.1) is 0 Å². The lowest BCUT2D eigenvalue weighted by atomic mass is 9.98. The summed E-state index contributed by atoms with van der Waals surface area (Å²) in [4.78, 5) is 8.81. The second kappa shape index (κ2) is 17.1. The minimum atomic E-state index is -0.498. The Hall–Kier alpha value is -3.89. The van der Waals surface area contributed by atoms with Gasteiger partial charge in [0.25, 0.3) is 0 Å². The summed E-state index contributed by atoms with van der Waals surface area (Å²) < 4.78 is 33.4. The van der Waals surface area contributed by atoms with Crippen molar-refractivity contribution in [1.82, 2.24) is 9.97 Å². The second-order valence-electron chi connectivity index (χ2n) is 11.0. The molecule has 0 amide bonds. The Balaban J connectivity index is 1.31. The predicted octanol–water partition coefficient (Wildman–Crippen LogP) is 7.27. The van der Waals surface area contributed by atoms with E-state index in [0.717, 1.165) is 27.3 Å². The van der Waals surface area contributed by atoms with E-state index in [9.17, 15) is 0 Å². The Labute approximate surface area is 274 Å². The van der Waals surface area contributed by atoms with Gasteiger partial charge in [0, 0.05) is 12.4 Å². The summed E-state index contributed by atoms with van der Waals surface area (Å²) in [6.07, 6.45) is 3.16. The first-order valence-corrected chi connectivity index (χ1v) is 16.4. The molecule has 6 rings (SSSR count). The molecule has 8 heteroatoms. The average Bonchev–Trinajstić information content (AvgIpc) is 3.12. The Bertz CT molecular complexity index is 1550. The van der Waals surface area contributed by atoms with E-state index in [1.54, 1.807) is 18.6 Å². The maximum absolute atomic E-state index is 6.85. The number of hydrogen-bond acceptors (Lipinski definition) is 8. The molecule has 0 aliphatic carbocycles. The largest absolute Gasteiger partial charge is 0.374 e. The fourth-order valence-corrected chi connectivity index (χ4v) is 6.35. The molecule has 1 aliphatic heterocycles. The van der Waals surface area contributed by atoms with Gasteiger partial charge in [0.15, 0.2) is 0 Å². The van der Waals surface area contributed by atoms with Crippen LogP contribution in [0.25, 0.3) is 0 Å². The SMILES string of the molecule is c1ccc(COC[C@H]2O[C@@H](Sc3cnccn3)[C@H](OCc3ccccc3)[C@@H](OCc3ccccc3)[C@@H]2OCc2ccccc2)cc1. The minimum Gasteiger partial charge on any atom is -0.374 e. The maximum atomic E-state index is 6.85. The molecule has 0 saturated carbocycles. The van der Waals surface area contributed by atoms with E-state index in [-0.39, 0.29) is 0 Å². The molecule has 7 nitrogen and oxygen atoms in total. The summed E-state index contributed by atoms with van der Waals surface area (Å²) in [7, 11) is 0. The summed E-state index contributed by atoms with van der Waals surface area (Å²) in [5.41, 5.74) is 3.80. The topological polar surface area (TPSA) is 71.9 Å². The molecule has 0 unspecified atom stereocenters. The molecule has 236 valence electrons. The van der Waals surface area contributed by atoms with E-state index >= 15 is 0 Å². The van der Waals surface area contributed by atoms with Crippen molar-refractivity contribution in [2.24, 2.45) is 0 Å². The van der Waals surface area contributed by atoms with Gasteiger partial charge in [-0.15, -0.1) is 0 Å². The molecule has 0 N–H and O–H groups in total. The van der Waals surface area contributed by atoms with E-state index < -0.39 is 29.9 Å². The van der Waals surface area contributed by atoms with Gasteiger partial charge in [-0.1, -0.05) is 133 Å². The molecule has 0 bridgehead atoms. The van der Waals surface area contributed by atoms with Crippen molar-refractivity contribution in [3.8, 4) is 0 Å². The van der Waals surface area contributed by atoms with Crippen molar-refractivity contribution >= 4 is 11.8 Å². The van der Waals surface area contributed by atoms with E-state index in [1.165, 1.54) is 11.8 Å². The molecule has 5 atom stereocenters. The van der Waals surface area contributed by atoms with E-state index in [1.807, 2.05) is 72.8 Å². The van der Waals surface area contributed by atoms with Crippen LogP contribution in [-0.4, -0.2) is 46.4 Å². The van der Waals surface area contributed by atoms with Crippen molar-refractivity contribution in [2.45, 2.75) is 61.3 Å². The van der Waals surface area contributed by atoms with Gasteiger partial charge in [-0.05, 0) is 22.3 Å². The van der Waals surface area contributed by atoms with Crippen LogP contribution in [0.5, 0.6) is 0 Å². The third kappa shape index (κ3) is 9.33. The first kappa shape index (κ1) is 32.1. The maximum Gasteiger partial charge on any atom is 0.138 e. The van der Waals surface area contributed by atoms with Crippen LogP contribution < -0.4 is 0 Å². The standard InChI is InChI=1S/C38H38N2O5S/c1-5-13-29(14-6-1)24-41-28-33-35(42-25-30-15-7-2-8-16-30)36(43-26-31-17-9-3-10-18-31)37(44-27-32-19-11-4-12-20-32)38(45-33)46-34-23-39-21-22-40-34/h1-23,33,35-38H,24-28H2/t33-,35-,36+,37-,38+/m1/s1. The molecule has 0 radical (unpaired) electrons. The van der Waals surface area contributed by atoms with Crippen LogP contribution in [-0.2, 0) is 50.1 Å². The number of hydrogen-bond donors (Lipinski definition) is 0. The van der Waals surface area contributed by atoms with Gasteiger partial charge in [0.05, 0.1) is 39.2 Å². The zero-order valence-corrected chi connectivity index (χ0v) is 26.4. The lowest BCUT2D eigenvalue weighted by molar-refractivity contribution is -0.254. The third-order valence-electron chi connectivity index (χ3n) is 7.62. The number of ether oxygens (including phenoxy) is 5. The third-order valence-corrected chi connectivity index (χ3v) is 8.68. The zero-order chi connectivity index (χ0) is 31.2. The van der Waals surface area contributed by atoms with E-state index in [0.29, 0.717) is 33.0 Å². The predicted molar refractivity (Wildman–Crippen MR) is 178 cm³/mol. The second-order valence-corrected chi connectivity index (χ2v) is 12.1. The highest BCUT2D eigenvalue weighted by atomic mass is 32.2. The number of rotatable bonds is 15. The molecule has 2 heterocycles. The Morgan fingerprint density at radius 2 is 1.02 bits per heavy atom. The van der Waals surface area contributed by atoms with Crippen molar-refractivity contribution in [2.75, 3.05) is 6.61 Å². The van der Waals surface area contributed by atoms with E-state index in [4.69, 9.17) is 23.7 Å². The summed E-state index contributed by atoms with van der Waals surface area (Å²) in [5.74, 6) is 0. The molecule has 1 saturated heterocycles. The highest BCUT2D eigenvalue weighted by Crippen LogP contribution is 2.37. The normalized spacial score (nSPS) is 21.2. The summed E-state index contributed by atoms with van der Waals surface area (Å²) in [5, 5.41) is 0.732. The van der Waals surface area contributed by atoms with Crippen LogP contribution in [0.15, 0.2) is 145 Å². The first-order chi connectivity index (χ1) is 22.8. The molecule has 5 aromatic rings. The fraction of sp³-hybridized carbons (Fsp3) is 0.263. The lowest BCUT2D eigenvalue weighted by Crippen LogP contribution is -2.60. The minimum absolute atomic E-state index is 0.308. The summed E-state index contributed by atoms with van der Waals surface area (Å²) in [6.45, 7) is 1.93. The molecular formula is C38H38N2O5S. The van der Waals surface area contributed by atoms with Crippen molar-refractivity contribution < 1.29 is 23.7 Å². The van der Waals surface area contributed by atoms with Gasteiger partial charge in [0.1, 0.15) is 34.9 Å². The smallest absolute Gasteiger partial charge is 0.138 e. The van der Waals surface area contributed by atoms with Gasteiger partial charge in [-0.2, -0.15) is 0 Å². The van der Waals surface area contributed by atoms with Crippen molar-refractivity contribution in [1.29, 1.82) is 0 Å². The van der Waals surface area contributed by atoms with Gasteiger partial charge in [0.2, 0.25) is 0 Å². The van der Waals surface area contributed by atoms with Crippen LogP contribution in [0.1, 0.15) is 22.3 Å². The average molecular weight is 635 g/mol. The molecule has 1 aromatic heterocycles. The van der Waals surface area contributed by atoms with Crippen LogP contribution in [0.2, 0.25) is 0 Å². The molecule has 4 aromatic carbocycles.